The minimum absolute atomic E-state index is 0.139. The Labute approximate surface area is 674 Å². The molecule has 0 saturated carbocycles. The molecule has 2 aliphatic heterocycles. The predicted octanol–water partition coefficient (Wildman–Crippen LogP) is 21.8. The standard InChI is InChI=1S/C86H105N6O15PS4/c1-5-7-9-11-13-15-17-19-21-23-25-27-29-45-81(93)100-62-68(103-82(94)46-30-28-26-24-22-20-18-16-14-12-10-8-6-2)63-102-108(98,99)101-56-55-92(3,4)61-64-60-91(90-89-64)65-47-50-72-71(57-65)85(97)107-86(72)73-51-48-66(104-83(95)69-39-31-33-41-77(69)109-111-79-43-35-37-53-87-79)58-75(73)106-76-59-67(49-52-74(76)86)105-84(96)70-40-32-34-42-78(70)110-112-80-44-36-38-54-88-80/h31-44,47-54,57-60,68H,5-30,45-46,55-56,61-63H2,1-4H3/p+1. The first-order valence-electron chi connectivity index (χ1n) is 39.7. The van der Waals surface area contributed by atoms with Gasteiger partial charge in [0.25, 0.3) is 0 Å². The largest absolute Gasteiger partial charge is 0.472 e. The molecule has 10 rings (SSSR count). The Morgan fingerprint density at radius 2 is 1.02 bits per heavy atom. The molecule has 3 aromatic heterocycles. The summed E-state index contributed by atoms with van der Waals surface area (Å²) in [5.74, 6) is -2.17. The molecule has 0 amide bonds. The van der Waals surface area contributed by atoms with E-state index in [1.165, 1.54) is 163 Å². The lowest BCUT2D eigenvalue weighted by atomic mass is 9.77. The third-order valence-electron chi connectivity index (χ3n) is 19.5. The van der Waals surface area contributed by atoms with Crippen LogP contribution in [-0.4, -0.2) is 111 Å². The molecule has 1 N–H and O–H groups in total. The average Bonchev–Trinajstić information content (AvgIpc) is 1.50. The van der Waals surface area contributed by atoms with Crippen LogP contribution in [0.5, 0.6) is 23.0 Å². The first-order chi connectivity index (χ1) is 54.5. The van der Waals surface area contributed by atoms with Crippen LogP contribution in [0.1, 0.15) is 247 Å². The summed E-state index contributed by atoms with van der Waals surface area (Å²) in [6, 6.07) is 40.4. The molecule has 0 saturated heterocycles. The summed E-state index contributed by atoms with van der Waals surface area (Å²) in [5, 5.41) is 10.5. The monoisotopic (exact) mass is 1620 g/mol. The number of hydrogen-bond donors (Lipinski definition) is 1. The van der Waals surface area contributed by atoms with Gasteiger partial charge in [-0.15, -0.1) is 5.10 Å². The number of hydrogen-bond acceptors (Lipinski definition) is 22. The second kappa shape index (κ2) is 45.3. The molecule has 0 radical (unpaired) electrons. The highest BCUT2D eigenvalue weighted by Crippen LogP contribution is 2.58. The van der Waals surface area contributed by atoms with E-state index in [1.807, 2.05) is 74.8 Å². The third-order valence-corrected chi connectivity index (χ3v) is 25.2. The van der Waals surface area contributed by atoms with Crippen LogP contribution in [0.25, 0.3) is 5.69 Å². The molecule has 0 fully saturated rings. The number of fused-ring (bicyclic) bond motifs is 6. The van der Waals surface area contributed by atoms with E-state index < -0.39 is 56.0 Å². The van der Waals surface area contributed by atoms with Crippen LogP contribution in [0, 0.1) is 0 Å². The van der Waals surface area contributed by atoms with Crippen LogP contribution in [0.4, 0.5) is 0 Å². The van der Waals surface area contributed by atoms with Gasteiger partial charge in [-0.1, -0.05) is 237 Å². The zero-order chi connectivity index (χ0) is 78.8. The summed E-state index contributed by atoms with van der Waals surface area (Å²) < 4.78 is 63.0. The summed E-state index contributed by atoms with van der Waals surface area (Å²) in [6.07, 6.45) is 34.8. The summed E-state index contributed by atoms with van der Waals surface area (Å²) in [4.78, 5) is 90.1. The summed E-state index contributed by atoms with van der Waals surface area (Å²) in [7, 11) is 4.63. The van der Waals surface area contributed by atoms with Gasteiger partial charge in [0.05, 0.1) is 49.3 Å². The second-order valence-electron chi connectivity index (χ2n) is 29.0. The van der Waals surface area contributed by atoms with E-state index in [1.54, 1.807) is 97.5 Å². The van der Waals surface area contributed by atoms with Gasteiger partial charge in [0, 0.05) is 63.8 Å². The van der Waals surface area contributed by atoms with Crippen molar-refractivity contribution in [3.05, 3.63) is 197 Å². The molecule has 5 heterocycles. The van der Waals surface area contributed by atoms with Gasteiger partial charge in [0.2, 0.25) is 0 Å². The van der Waals surface area contributed by atoms with Gasteiger partial charge in [-0.2, -0.15) is 0 Å². The van der Waals surface area contributed by atoms with Crippen LogP contribution >= 0.6 is 51.0 Å². The van der Waals surface area contributed by atoms with Crippen molar-refractivity contribution in [1.82, 2.24) is 25.0 Å². The Morgan fingerprint density at radius 1 is 0.545 bits per heavy atom. The fourth-order valence-electron chi connectivity index (χ4n) is 13.5. The van der Waals surface area contributed by atoms with E-state index in [0.29, 0.717) is 68.4 Å². The second-order valence-corrected chi connectivity index (χ2v) is 34.8. The Bertz CT molecular complexity index is 4230. The molecule has 5 aromatic carbocycles. The van der Waals surface area contributed by atoms with Crippen LogP contribution in [0.3, 0.4) is 0 Å². The Morgan fingerprint density at radius 3 is 1.52 bits per heavy atom. The van der Waals surface area contributed by atoms with Crippen LogP contribution in [-0.2, 0) is 49.6 Å². The van der Waals surface area contributed by atoms with Crippen molar-refractivity contribution < 1.29 is 75.4 Å². The van der Waals surface area contributed by atoms with Crippen molar-refractivity contribution in [2.75, 3.05) is 40.5 Å². The number of nitrogens with zero attached hydrogens (tertiary/aromatic N) is 6. The first kappa shape index (κ1) is 86.6. The molecule has 112 heavy (non-hydrogen) atoms. The number of benzene rings is 5. The number of ether oxygens (including phenoxy) is 6. The highest BCUT2D eigenvalue weighted by atomic mass is 33.1. The number of carbonyl (C=O) groups excluding carboxylic acids is 5. The number of carbonyl (C=O) groups is 5. The highest BCUT2D eigenvalue weighted by molar-refractivity contribution is 8.77. The van der Waals surface area contributed by atoms with Crippen LogP contribution in [0.15, 0.2) is 178 Å². The average molecular weight is 1620 g/mol. The van der Waals surface area contributed by atoms with E-state index in [0.717, 1.165) is 48.6 Å². The van der Waals surface area contributed by atoms with Crippen molar-refractivity contribution >= 4 is 80.8 Å². The summed E-state index contributed by atoms with van der Waals surface area (Å²) in [5.41, 5.74) is 1.59. The number of rotatable bonds is 51. The fourth-order valence-corrected chi connectivity index (χ4v) is 18.3. The van der Waals surface area contributed by atoms with Gasteiger partial charge in [-0.3, -0.25) is 18.6 Å². The van der Waals surface area contributed by atoms with Gasteiger partial charge in [0.1, 0.15) is 65.0 Å². The number of esters is 5. The zero-order valence-corrected chi connectivity index (χ0v) is 69.0. The topological polar surface area (TPSA) is 253 Å². The highest BCUT2D eigenvalue weighted by Gasteiger charge is 2.54. The van der Waals surface area contributed by atoms with Crippen LogP contribution in [0.2, 0.25) is 0 Å². The van der Waals surface area contributed by atoms with Gasteiger partial charge in [-0.25, -0.2) is 33.6 Å². The van der Waals surface area contributed by atoms with E-state index in [9.17, 15) is 33.4 Å². The lowest BCUT2D eigenvalue weighted by Crippen LogP contribution is -2.41. The van der Waals surface area contributed by atoms with Crippen molar-refractivity contribution in [1.29, 1.82) is 0 Å². The summed E-state index contributed by atoms with van der Waals surface area (Å²) >= 11 is 0. The van der Waals surface area contributed by atoms with E-state index >= 15 is 0 Å². The molecule has 26 heteroatoms. The maximum Gasteiger partial charge on any atom is 0.472 e. The van der Waals surface area contributed by atoms with Gasteiger partial charge >= 0.3 is 37.7 Å². The normalized spacial score (nSPS) is 13.5. The Kier molecular flexibility index (Phi) is 35.0. The molecular formula is C86H106N6O15PS4+. The smallest absolute Gasteiger partial charge is 0.462 e. The molecular weight excluding hydrogens is 1520 g/mol. The number of phosphoric acid groups is 1. The lowest BCUT2D eigenvalue weighted by molar-refractivity contribution is -0.904. The Balaban J connectivity index is 0.767. The quantitative estimate of drug-likeness (QED) is 0.00707. The molecule has 2 aliphatic rings. The van der Waals surface area contributed by atoms with Gasteiger partial charge < -0.3 is 37.8 Å². The molecule has 2 unspecified atom stereocenters. The minimum atomic E-state index is -4.72. The zero-order valence-electron chi connectivity index (χ0n) is 64.8. The molecule has 21 nitrogen and oxygen atoms in total. The predicted molar refractivity (Wildman–Crippen MR) is 438 cm³/mol. The SMILES string of the molecule is CCCCCCCCCCCCCCCC(=O)OCC(COP(=O)(O)OCC[N+](C)(C)Cc1cn(-c2ccc3c(c2)C(=O)OC32c3ccc(OC(=O)c4ccccc4SSc4ccccn4)cc3Oc3cc(OC(=O)c4ccccc4SSc4ccccn4)ccc32)nn1)OC(=O)CCCCCCCCCCCCCCC. The Hall–Kier alpha value is -7.84. The molecule has 598 valence electrons. The van der Waals surface area contributed by atoms with Crippen molar-refractivity contribution in [2.45, 2.75) is 232 Å². The number of quaternary nitrogens is 1. The van der Waals surface area contributed by atoms with E-state index in [2.05, 4.69) is 34.1 Å². The number of pyridine rings is 2. The first-order valence-corrected chi connectivity index (χ1v) is 45.5. The van der Waals surface area contributed by atoms with Crippen molar-refractivity contribution in [2.24, 2.45) is 0 Å². The fraction of sp³-hybridized carbons (Fsp3) is 0.453. The molecule has 1 spiro atoms. The van der Waals surface area contributed by atoms with Crippen molar-refractivity contribution in [3.63, 3.8) is 0 Å². The number of aromatic nitrogens is 5. The lowest BCUT2D eigenvalue weighted by Gasteiger charge is -2.36. The number of unbranched alkanes of at least 4 members (excludes halogenated alkanes) is 24. The third kappa shape index (κ3) is 26.9. The van der Waals surface area contributed by atoms with Crippen LogP contribution < -0.4 is 14.2 Å². The number of phosphoric ester groups is 1. The molecule has 8 aromatic rings. The van der Waals surface area contributed by atoms with E-state index in [4.69, 9.17) is 37.5 Å². The maximum absolute atomic E-state index is 14.6. The molecule has 0 bridgehead atoms. The molecule has 0 aliphatic carbocycles. The van der Waals surface area contributed by atoms with Gasteiger partial charge in [0.15, 0.2) is 11.7 Å². The van der Waals surface area contributed by atoms with E-state index in [-0.39, 0.29) is 65.6 Å². The maximum atomic E-state index is 14.6. The number of likely N-dealkylation sites (N-methyl/N-ethyl adjacent to an activating group) is 1. The van der Waals surface area contributed by atoms with Crippen molar-refractivity contribution in [3.8, 4) is 28.7 Å². The van der Waals surface area contributed by atoms with Gasteiger partial charge in [-0.05, 0) is 119 Å². The molecule has 2 atom stereocenters. The minimum Gasteiger partial charge on any atom is -0.462 e. The summed E-state index contributed by atoms with van der Waals surface area (Å²) in [6.45, 7) is 3.93.